The van der Waals surface area contributed by atoms with Crippen molar-refractivity contribution in [3.63, 3.8) is 0 Å². The van der Waals surface area contributed by atoms with E-state index in [1.807, 2.05) is 13.0 Å². The van der Waals surface area contributed by atoms with Crippen LogP contribution in [0.2, 0.25) is 0 Å². The highest BCUT2D eigenvalue weighted by Crippen LogP contribution is 2.02. The Kier molecular flexibility index (Phi) is 3.58. The molecule has 88 valence electrons. The molecule has 5 heteroatoms. The molecule has 2 heterocycles. The summed E-state index contributed by atoms with van der Waals surface area (Å²) in [5.41, 5.74) is 0. The van der Waals surface area contributed by atoms with Crippen molar-refractivity contribution in [1.82, 2.24) is 10.6 Å². The Morgan fingerprint density at radius 3 is 3.00 bits per heavy atom. The van der Waals surface area contributed by atoms with E-state index < -0.39 is 0 Å². The van der Waals surface area contributed by atoms with Gasteiger partial charge in [0.25, 0.3) is 0 Å². The predicted molar refractivity (Wildman–Crippen MR) is 57.8 cm³/mol. The summed E-state index contributed by atoms with van der Waals surface area (Å²) in [6.07, 6.45) is 1.59. The molecule has 1 aromatic rings. The van der Waals surface area contributed by atoms with Crippen LogP contribution in [-0.4, -0.2) is 31.2 Å². The van der Waals surface area contributed by atoms with Crippen LogP contribution in [0.4, 0.5) is 0 Å². The highest BCUT2D eigenvalue weighted by Gasteiger charge is 2.23. The molecule has 1 aliphatic heterocycles. The van der Waals surface area contributed by atoms with E-state index in [1.54, 1.807) is 12.3 Å². The summed E-state index contributed by atoms with van der Waals surface area (Å²) in [6, 6.07) is 3.74. The van der Waals surface area contributed by atoms with E-state index >= 15 is 0 Å². The lowest BCUT2D eigenvalue weighted by Crippen LogP contribution is -2.53. The standard InChI is InChI=1S/C11H16N2O3/c1-8(13-9-6-15-7-9)11(14)12-5-10-3-2-4-16-10/h2-4,8-9,13H,5-7H2,1H3,(H,12,14). The molecule has 0 aliphatic carbocycles. The topological polar surface area (TPSA) is 63.5 Å². The van der Waals surface area contributed by atoms with Gasteiger partial charge >= 0.3 is 0 Å². The van der Waals surface area contributed by atoms with Crippen molar-refractivity contribution in [3.05, 3.63) is 24.2 Å². The van der Waals surface area contributed by atoms with Gasteiger partial charge in [-0.3, -0.25) is 10.1 Å². The van der Waals surface area contributed by atoms with Crippen LogP contribution in [0.3, 0.4) is 0 Å². The third-order valence-electron chi connectivity index (χ3n) is 2.53. The average Bonchev–Trinajstić information content (AvgIpc) is 2.72. The van der Waals surface area contributed by atoms with Gasteiger partial charge in [-0.25, -0.2) is 0 Å². The number of nitrogens with one attached hydrogen (secondary N) is 2. The first-order chi connectivity index (χ1) is 7.75. The molecule has 1 fully saturated rings. The fourth-order valence-corrected chi connectivity index (χ4v) is 1.50. The Morgan fingerprint density at radius 1 is 1.62 bits per heavy atom. The number of hydrogen-bond acceptors (Lipinski definition) is 4. The molecule has 1 saturated heterocycles. The molecular weight excluding hydrogens is 208 g/mol. The fourth-order valence-electron chi connectivity index (χ4n) is 1.50. The monoisotopic (exact) mass is 224 g/mol. The number of carbonyl (C=O) groups is 1. The highest BCUT2D eigenvalue weighted by molar-refractivity contribution is 5.81. The van der Waals surface area contributed by atoms with Crippen LogP contribution in [0.1, 0.15) is 12.7 Å². The molecular formula is C11H16N2O3. The first-order valence-corrected chi connectivity index (χ1v) is 5.39. The molecule has 16 heavy (non-hydrogen) atoms. The molecule has 1 aromatic heterocycles. The Morgan fingerprint density at radius 2 is 2.44 bits per heavy atom. The van der Waals surface area contributed by atoms with E-state index in [1.165, 1.54) is 0 Å². The van der Waals surface area contributed by atoms with Gasteiger partial charge in [-0.2, -0.15) is 0 Å². The summed E-state index contributed by atoms with van der Waals surface area (Å²) in [6.45, 7) is 3.65. The number of carbonyl (C=O) groups excluding carboxylic acids is 1. The summed E-state index contributed by atoms with van der Waals surface area (Å²) in [7, 11) is 0. The second-order valence-corrected chi connectivity index (χ2v) is 3.92. The minimum atomic E-state index is -0.205. The van der Waals surface area contributed by atoms with Crippen LogP contribution in [0.25, 0.3) is 0 Å². The van der Waals surface area contributed by atoms with Crippen molar-refractivity contribution < 1.29 is 13.9 Å². The SMILES string of the molecule is CC(NC1COC1)C(=O)NCc1ccco1. The molecule has 1 amide bonds. The van der Waals surface area contributed by atoms with Gasteiger partial charge in [0, 0.05) is 0 Å². The molecule has 0 spiro atoms. The lowest BCUT2D eigenvalue weighted by molar-refractivity contribution is -0.124. The van der Waals surface area contributed by atoms with Gasteiger partial charge in [-0.05, 0) is 19.1 Å². The second kappa shape index (κ2) is 5.14. The van der Waals surface area contributed by atoms with Gasteiger partial charge in [0.05, 0.1) is 38.1 Å². The molecule has 1 atom stereocenters. The molecule has 0 radical (unpaired) electrons. The van der Waals surface area contributed by atoms with Crippen LogP contribution >= 0.6 is 0 Å². The van der Waals surface area contributed by atoms with E-state index in [0.29, 0.717) is 25.8 Å². The normalized spacial score (nSPS) is 17.8. The maximum Gasteiger partial charge on any atom is 0.237 e. The van der Waals surface area contributed by atoms with Crippen molar-refractivity contribution in [2.75, 3.05) is 13.2 Å². The molecule has 2 rings (SSSR count). The van der Waals surface area contributed by atoms with Crippen LogP contribution < -0.4 is 10.6 Å². The molecule has 2 N–H and O–H groups in total. The van der Waals surface area contributed by atoms with Crippen molar-refractivity contribution in [2.45, 2.75) is 25.6 Å². The van der Waals surface area contributed by atoms with E-state index in [0.717, 1.165) is 5.76 Å². The Balaban J connectivity index is 1.70. The van der Waals surface area contributed by atoms with Crippen molar-refractivity contribution >= 4 is 5.91 Å². The minimum absolute atomic E-state index is 0.0247. The van der Waals surface area contributed by atoms with E-state index in [9.17, 15) is 4.79 Å². The summed E-state index contributed by atoms with van der Waals surface area (Å²) >= 11 is 0. The van der Waals surface area contributed by atoms with Gasteiger partial charge < -0.3 is 14.5 Å². The Labute approximate surface area is 94.1 Å². The van der Waals surface area contributed by atoms with Gasteiger partial charge in [-0.15, -0.1) is 0 Å². The Hall–Kier alpha value is -1.33. The second-order valence-electron chi connectivity index (χ2n) is 3.92. The van der Waals surface area contributed by atoms with Crippen LogP contribution in [-0.2, 0) is 16.1 Å². The number of ether oxygens (including phenoxy) is 1. The molecule has 1 aliphatic rings. The zero-order chi connectivity index (χ0) is 11.4. The zero-order valence-electron chi connectivity index (χ0n) is 9.23. The minimum Gasteiger partial charge on any atom is -0.467 e. The number of hydrogen-bond donors (Lipinski definition) is 2. The first kappa shape index (κ1) is 11.2. The fraction of sp³-hybridized carbons (Fsp3) is 0.545. The summed E-state index contributed by atoms with van der Waals surface area (Å²) in [4.78, 5) is 11.7. The van der Waals surface area contributed by atoms with E-state index in [-0.39, 0.29) is 11.9 Å². The smallest absolute Gasteiger partial charge is 0.237 e. The summed E-state index contributed by atoms with van der Waals surface area (Å²) < 4.78 is 10.1. The number of amides is 1. The maximum absolute atomic E-state index is 11.7. The quantitative estimate of drug-likeness (QED) is 0.753. The molecule has 0 aromatic carbocycles. The van der Waals surface area contributed by atoms with Gasteiger partial charge in [0.15, 0.2) is 0 Å². The molecule has 0 saturated carbocycles. The van der Waals surface area contributed by atoms with E-state index in [2.05, 4.69) is 10.6 Å². The van der Waals surface area contributed by atoms with Crippen LogP contribution in [0.5, 0.6) is 0 Å². The van der Waals surface area contributed by atoms with Crippen LogP contribution in [0.15, 0.2) is 22.8 Å². The predicted octanol–water partition coefficient (Wildman–Crippen LogP) is 0.273. The van der Waals surface area contributed by atoms with Gasteiger partial charge in [0.2, 0.25) is 5.91 Å². The molecule has 0 bridgehead atoms. The third kappa shape index (κ3) is 2.84. The lowest BCUT2D eigenvalue weighted by atomic mass is 10.2. The highest BCUT2D eigenvalue weighted by atomic mass is 16.5. The van der Waals surface area contributed by atoms with Crippen molar-refractivity contribution in [1.29, 1.82) is 0 Å². The van der Waals surface area contributed by atoms with Gasteiger partial charge in [-0.1, -0.05) is 0 Å². The zero-order valence-corrected chi connectivity index (χ0v) is 9.23. The molecule has 1 unspecified atom stereocenters. The van der Waals surface area contributed by atoms with Gasteiger partial charge in [0.1, 0.15) is 5.76 Å². The number of rotatable bonds is 5. The molecule has 5 nitrogen and oxygen atoms in total. The maximum atomic E-state index is 11.7. The Bertz CT molecular complexity index is 333. The van der Waals surface area contributed by atoms with Crippen LogP contribution in [0, 0.1) is 0 Å². The summed E-state index contributed by atoms with van der Waals surface area (Å²) in [5, 5.41) is 5.98. The summed E-state index contributed by atoms with van der Waals surface area (Å²) in [5.74, 6) is 0.732. The largest absolute Gasteiger partial charge is 0.467 e. The third-order valence-corrected chi connectivity index (χ3v) is 2.53. The average molecular weight is 224 g/mol. The van der Waals surface area contributed by atoms with Crippen molar-refractivity contribution in [3.8, 4) is 0 Å². The van der Waals surface area contributed by atoms with Crippen molar-refractivity contribution in [2.24, 2.45) is 0 Å². The number of furan rings is 1. The van der Waals surface area contributed by atoms with E-state index in [4.69, 9.17) is 9.15 Å². The lowest BCUT2D eigenvalue weighted by Gasteiger charge is -2.29. The first-order valence-electron chi connectivity index (χ1n) is 5.39.